The molecule has 0 radical (unpaired) electrons. The predicted octanol–water partition coefficient (Wildman–Crippen LogP) is 0.725. The van der Waals surface area contributed by atoms with E-state index in [1.807, 2.05) is 24.3 Å². The van der Waals surface area contributed by atoms with Gasteiger partial charge in [0.2, 0.25) is 0 Å². The molecule has 1 aliphatic rings. The number of hydrogen-bond donors (Lipinski definition) is 2. The summed E-state index contributed by atoms with van der Waals surface area (Å²) in [6.07, 6.45) is 0.478. The fourth-order valence-corrected chi connectivity index (χ4v) is 3.55. The maximum Gasteiger partial charge on any atom is 0.365 e. The first kappa shape index (κ1) is 20.3. The first-order valence-corrected chi connectivity index (χ1v) is 9.04. The molecule has 0 fully saturated rings. The summed E-state index contributed by atoms with van der Waals surface area (Å²) in [5.41, 5.74) is 2.18. The van der Waals surface area contributed by atoms with Crippen LogP contribution in [0.15, 0.2) is 42.5 Å². The molecule has 9 heteroatoms. The number of carbonyl (C=O) groups excluding carboxylic acids is 2. The van der Waals surface area contributed by atoms with Crippen molar-refractivity contribution in [3.8, 4) is 5.75 Å². The van der Waals surface area contributed by atoms with Gasteiger partial charge in [-0.05, 0) is 11.6 Å². The summed E-state index contributed by atoms with van der Waals surface area (Å²) in [4.78, 5) is 36.2. The summed E-state index contributed by atoms with van der Waals surface area (Å²) < 4.78 is 10.1. The third-order valence-electron chi connectivity index (χ3n) is 4.99. The molecule has 1 heterocycles. The van der Waals surface area contributed by atoms with Gasteiger partial charge >= 0.3 is 5.97 Å². The van der Waals surface area contributed by atoms with Crippen molar-refractivity contribution in [1.29, 1.82) is 0 Å². The highest BCUT2D eigenvalue weighted by molar-refractivity contribution is 5.93. The Labute approximate surface area is 167 Å². The minimum absolute atomic E-state index is 0.0000524. The predicted molar refractivity (Wildman–Crippen MR) is 104 cm³/mol. The maximum absolute atomic E-state index is 12.7. The Balaban J connectivity index is 1.79. The van der Waals surface area contributed by atoms with Gasteiger partial charge in [-0.2, -0.15) is 0 Å². The van der Waals surface area contributed by atoms with Gasteiger partial charge in [0.15, 0.2) is 12.6 Å². The third kappa shape index (κ3) is 4.52. The monoisotopic (exact) mass is 400 g/mol. The molecule has 2 N–H and O–H groups in total. The fraction of sp³-hybridized carbons (Fsp3) is 0.300. The molecule has 9 nitrogen and oxygen atoms in total. The Kier molecular flexibility index (Phi) is 6.08. The van der Waals surface area contributed by atoms with Crippen LogP contribution in [0.5, 0.6) is 5.75 Å². The maximum atomic E-state index is 12.7. The number of non-ortho nitro benzene ring substituents is 1. The van der Waals surface area contributed by atoms with Crippen LogP contribution in [0.25, 0.3) is 0 Å². The standard InChI is InChI=1S/C20H21N3O6/c1-28-18-8-7-15(23(26)27)10-16(18)21-19(24)12-22-11-14-6-4-3-5-13(14)9-17(22)20(25)29-2/h3-8,10,17H,9,11-12H2,1-2H3,(H,21,24)/p+1/t17-/m0/s1. The van der Waals surface area contributed by atoms with Gasteiger partial charge in [0.25, 0.3) is 11.6 Å². The van der Waals surface area contributed by atoms with Crippen LogP contribution < -0.4 is 15.0 Å². The number of rotatable bonds is 6. The topological polar surface area (TPSA) is 112 Å². The van der Waals surface area contributed by atoms with Crippen LogP contribution in [0.1, 0.15) is 11.1 Å². The van der Waals surface area contributed by atoms with Crippen molar-refractivity contribution in [3.05, 3.63) is 63.7 Å². The van der Waals surface area contributed by atoms with Gasteiger partial charge < -0.3 is 19.7 Å². The molecular formula is C20H22N3O6+. The second kappa shape index (κ2) is 8.70. The zero-order valence-electron chi connectivity index (χ0n) is 16.1. The summed E-state index contributed by atoms with van der Waals surface area (Å²) >= 11 is 0. The van der Waals surface area contributed by atoms with E-state index < -0.39 is 11.0 Å². The van der Waals surface area contributed by atoms with Crippen LogP contribution in [0.3, 0.4) is 0 Å². The van der Waals surface area contributed by atoms with Crippen molar-refractivity contribution in [3.63, 3.8) is 0 Å². The van der Waals surface area contributed by atoms with Crippen LogP contribution in [0.4, 0.5) is 11.4 Å². The van der Waals surface area contributed by atoms with Gasteiger partial charge in [-0.25, -0.2) is 4.79 Å². The number of nitrogens with zero attached hydrogens (tertiary/aromatic N) is 1. The lowest BCUT2D eigenvalue weighted by Crippen LogP contribution is -3.17. The molecular weight excluding hydrogens is 378 g/mol. The molecule has 3 rings (SSSR count). The van der Waals surface area contributed by atoms with E-state index in [0.717, 1.165) is 16.0 Å². The van der Waals surface area contributed by atoms with E-state index in [0.29, 0.717) is 18.7 Å². The summed E-state index contributed by atoms with van der Waals surface area (Å²) in [6, 6.07) is 11.2. The average molecular weight is 400 g/mol. The number of methoxy groups -OCH3 is 2. The Bertz CT molecular complexity index is 946. The highest BCUT2D eigenvalue weighted by Crippen LogP contribution is 2.28. The Morgan fingerprint density at radius 3 is 2.59 bits per heavy atom. The van der Waals surface area contributed by atoms with Crippen molar-refractivity contribution < 1.29 is 28.9 Å². The first-order valence-electron chi connectivity index (χ1n) is 9.04. The van der Waals surface area contributed by atoms with Crippen LogP contribution >= 0.6 is 0 Å². The zero-order valence-corrected chi connectivity index (χ0v) is 16.1. The third-order valence-corrected chi connectivity index (χ3v) is 4.99. The van der Waals surface area contributed by atoms with Crippen molar-refractivity contribution >= 4 is 23.3 Å². The Morgan fingerprint density at radius 1 is 1.21 bits per heavy atom. The average Bonchev–Trinajstić information content (AvgIpc) is 2.72. The van der Waals surface area contributed by atoms with E-state index in [4.69, 9.17) is 9.47 Å². The van der Waals surface area contributed by atoms with E-state index in [-0.39, 0.29) is 29.8 Å². The number of carbonyl (C=O) groups is 2. The number of anilines is 1. The van der Waals surface area contributed by atoms with E-state index in [1.165, 1.54) is 32.4 Å². The number of ether oxygens (including phenoxy) is 2. The summed E-state index contributed by atoms with van der Waals surface area (Å²) in [6.45, 7) is 0.495. The molecule has 0 aliphatic carbocycles. The number of quaternary nitrogens is 1. The fourth-order valence-electron chi connectivity index (χ4n) is 3.55. The van der Waals surface area contributed by atoms with Crippen LogP contribution in [0.2, 0.25) is 0 Å². The first-order chi connectivity index (χ1) is 13.9. The van der Waals surface area contributed by atoms with Crippen LogP contribution in [0, 0.1) is 10.1 Å². The lowest BCUT2D eigenvalue weighted by Gasteiger charge is -2.31. The molecule has 2 aromatic carbocycles. The quantitative estimate of drug-likeness (QED) is 0.420. The largest absolute Gasteiger partial charge is 0.495 e. The lowest BCUT2D eigenvalue weighted by atomic mass is 9.94. The number of hydrogen-bond acceptors (Lipinski definition) is 6. The summed E-state index contributed by atoms with van der Waals surface area (Å²) in [5, 5.41) is 13.7. The lowest BCUT2D eigenvalue weighted by molar-refractivity contribution is -0.924. The van der Waals surface area contributed by atoms with Gasteiger partial charge in [-0.1, -0.05) is 24.3 Å². The summed E-state index contributed by atoms with van der Waals surface area (Å²) in [5.74, 6) is -0.449. The van der Waals surface area contributed by atoms with Gasteiger partial charge in [-0.3, -0.25) is 14.9 Å². The molecule has 2 atom stereocenters. The molecule has 0 aromatic heterocycles. The Morgan fingerprint density at radius 2 is 1.93 bits per heavy atom. The van der Waals surface area contributed by atoms with E-state index in [1.54, 1.807) is 0 Å². The number of nitrogens with one attached hydrogen (secondary N) is 2. The molecule has 29 heavy (non-hydrogen) atoms. The highest BCUT2D eigenvalue weighted by Gasteiger charge is 2.37. The van der Waals surface area contributed by atoms with Gasteiger partial charge in [0, 0.05) is 24.1 Å². The van der Waals surface area contributed by atoms with Crippen LogP contribution in [-0.2, 0) is 27.3 Å². The van der Waals surface area contributed by atoms with Gasteiger partial charge in [0.1, 0.15) is 12.3 Å². The molecule has 0 saturated heterocycles. The Hall–Kier alpha value is -3.46. The molecule has 0 bridgehead atoms. The molecule has 1 unspecified atom stereocenters. The molecule has 152 valence electrons. The van der Waals surface area contributed by atoms with E-state index in [9.17, 15) is 19.7 Å². The molecule has 1 amide bonds. The number of amides is 1. The second-order valence-electron chi connectivity index (χ2n) is 6.75. The number of benzene rings is 2. The second-order valence-corrected chi connectivity index (χ2v) is 6.75. The van der Waals surface area contributed by atoms with Crippen molar-refractivity contribution in [2.24, 2.45) is 0 Å². The minimum Gasteiger partial charge on any atom is -0.495 e. The number of esters is 1. The molecule has 0 saturated carbocycles. The number of nitro benzene ring substituents is 1. The van der Waals surface area contributed by atoms with E-state index in [2.05, 4.69) is 5.32 Å². The SMILES string of the molecule is COC(=O)[C@@H]1Cc2ccccc2C[NH+]1CC(=O)Nc1cc([N+](=O)[O-])ccc1OC. The number of fused-ring (bicyclic) bond motifs is 1. The van der Waals surface area contributed by atoms with Crippen molar-refractivity contribution in [2.75, 3.05) is 26.1 Å². The normalized spacial score (nSPS) is 17.7. The number of nitro groups is 1. The minimum atomic E-state index is -0.546. The highest BCUT2D eigenvalue weighted by atomic mass is 16.6. The summed E-state index contributed by atoms with van der Waals surface area (Å²) in [7, 11) is 2.74. The van der Waals surface area contributed by atoms with Gasteiger partial charge in [0.05, 0.1) is 24.8 Å². The zero-order chi connectivity index (χ0) is 21.0. The van der Waals surface area contributed by atoms with E-state index >= 15 is 0 Å². The van der Waals surface area contributed by atoms with Gasteiger partial charge in [-0.15, -0.1) is 0 Å². The molecule has 2 aromatic rings. The van der Waals surface area contributed by atoms with Crippen molar-refractivity contribution in [2.45, 2.75) is 19.0 Å². The molecule has 1 aliphatic heterocycles. The molecule has 0 spiro atoms. The van der Waals surface area contributed by atoms with Crippen LogP contribution in [-0.4, -0.2) is 43.6 Å². The smallest absolute Gasteiger partial charge is 0.365 e. The van der Waals surface area contributed by atoms with Crippen molar-refractivity contribution in [1.82, 2.24) is 0 Å².